The molecule has 0 saturated heterocycles. The number of carbonyl (C=O) groups is 2. The van der Waals surface area contributed by atoms with Crippen molar-refractivity contribution in [3.63, 3.8) is 0 Å². The Morgan fingerprint density at radius 3 is 2.12 bits per heavy atom. The van der Waals surface area contributed by atoms with E-state index in [9.17, 15) is 31.2 Å². The fraction of sp³-hybridized carbons (Fsp3) is 0.333. The first-order chi connectivity index (χ1) is 20.1. The molecule has 0 aliphatic rings. The van der Waals surface area contributed by atoms with Crippen LogP contribution in [0.2, 0.25) is 10.0 Å². The van der Waals surface area contributed by atoms with Crippen LogP contribution in [0, 0.1) is 5.92 Å². The molecular formula is C30H32Cl2F3N3O4S. The molecule has 0 radical (unpaired) electrons. The van der Waals surface area contributed by atoms with Crippen molar-refractivity contribution in [1.82, 2.24) is 10.2 Å². The molecule has 0 aliphatic carbocycles. The van der Waals surface area contributed by atoms with Crippen LogP contribution in [0.3, 0.4) is 0 Å². The van der Waals surface area contributed by atoms with Crippen LogP contribution in [0.15, 0.2) is 72.8 Å². The highest BCUT2D eigenvalue weighted by Crippen LogP contribution is 2.37. The number of sulfonamides is 1. The third-order valence-corrected chi connectivity index (χ3v) is 8.17. The molecule has 0 spiro atoms. The topological polar surface area (TPSA) is 86.8 Å². The lowest BCUT2D eigenvalue weighted by Gasteiger charge is -2.33. The smallest absolute Gasteiger partial charge is 0.354 e. The van der Waals surface area contributed by atoms with Crippen LogP contribution in [0.25, 0.3) is 0 Å². The van der Waals surface area contributed by atoms with Gasteiger partial charge in [-0.2, -0.15) is 13.2 Å². The Morgan fingerprint density at radius 2 is 1.56 bits per heavy atom. The highest BCUT2D eigenvalue weighted by atomic mass is 35.5. The van der Waals surface area contributed by atoms with Crippen LogP contribution in [0.4, 0.5) is 18.9 Å². The maximum Gasteiger partial charge on any atom is 0.417 e. The molecule has 0 bridgehead atoms. The second kappa shape index (κ2) is 14.5. The fourth-order valence-corrected chi connectivity index (χ4v) is 5.45. The van der Waals surface area contributed by atoms with Gasteiger partial charge in [0.25, 0.3) is 0 Å². The Hall–Kier alpha value is -3.28. The highest BCUT2D eigenvalue weighted by molar-refractivity contribution is 7.92. The third kappa shape index (κ3) is 9.87. The summed E-state index contributed by atoms with van der Waals surface area (Å²) in [6.07, 6.45) is -3.99. The predicted octanol–water partition coefficient (Wildman–Crippen LogP) is 6.19. The van der Waals surface area contributed by atoms with Crippen molar-refractivity contribution < 1.29 is 31.2 Å². The Kier molecular flexibility index (Phi) is 11.5. The Balaban J connectivity index is 2.09. The number of rotatable bonds is 12. The summed E-state index contributed by atoms with van der Waals surface area (Å²) in [6, 6.07) is 17.0. The zero-order valence-electron chi connectivity index (χ0n) is 23.7. The van der Waals surface area contributed by atoms with Gasteiger partial charge in [-0.25, -0.2) is 8.42 Å². The zero-order chi connectivity index (χ0) is 31.9. The number of benzene rings is 3. The van der Waals surface area contributed by atoms with Gasteiger partial charge in [-0.1, -0.05) is 79.5 Å². The molecule has 0 aromatic heterocycles. The van der Waals surface area contributed by atoms with Gasteiger partial charge in [-0.05, 0) is 47.4 Å². The van der Waals surface area contributed by atoms with Gasteiger partial charge in [0.05, 0.1) is 22.5 Å². The molecule has 7 nitrogen and oxygen atoms in total. The Bertz CT molecular complexity index is 1520. The minimum atomic E-state index is -4.86. The first-order valence-electron chi connectivity index (χ1n) is 13.3. The Labute approximate surface area is 259 Å². The average Bonchev–Trinajstić information content (AvgIpc) is 2.93. The molecule has 0 fully saturated rings. The number of anilines is 1. The van der Waals surface area contributed by atoms with Gasteiger partial charge in [-0.15, -0.1) is 0 Å². The van der Waals surface area contributed by atoms with Gasteiger partial charge in [0.1, 0.15) is 12.6 Å². The fourth-order valence-electron chi connectivity index (χ4n) is 4.26. The lowest BCUT2D eigenvalue weighted by Crippen LogP contribution is -2.53. The maximum absolute atomic E-state index is 14.0. The molecule has 0 unspecified atom stereocenters. The van der Waals surface area contributed by atoms with Gasteiger partial charge in [0.15, 0.2) is 0 Å². The third-order valence-electron chi connectivity index (χ3n) is 6.44. The number of amides is 2. The SMILES string of the molecule is CC(C)CNC(=O)[C@H](Cc1ccccc1)N(Cc1ccc(Cl)cc1)C(=O)CN(c1ccc(Cl)c(C(F)(F)F)c1)S(C)(=O)=O. The molecule has 232 valence electrons. The largest absolute Gasteiger partial charge is 0.417 e. The molecule has 3 rings (SSSR count). The summed E-state index contributed by atoms with van der Waals surface area (Å²) in [5.74, 6) is -1.16. The number of nitrogens with zero attached hydrogens (tertiary/aromatic N) is 2. The van der Waals surface area contributed by atoms with Gasteiger partial charge in [0.2, 0.25) is 21.8 Å². The summed E-state index contributed by atoms with van der Waals surface area (Å²) < 4.78 is 67.1. The highest BCUT2D eigenvalue weighted by Gasteiger charge is 2.36. The number of hydrogen-bond acceptors (Lipinski definition) is 4. The molecule has 1 N–H and O–H groups in total. The Morgan fingerprint density at radius 1 is 0.930 bits per heavy atom. The standard InChI is InChI=1S/C30H32Cl2F3N3O4S/c1-20(2)17-36-29(40)27(15-21-7-5-4-6-8-21)37(18-22-9-11-23(31)12-10-22)28(39)19-38(43(3,41)42)24-13-14-26(32)25(16-24)30(33,34)35/h4-14,16,20,27H,15,17-19H2,1-3H3,(H,36,40)/t27-/m0/s1. The van der Waals surface area contributed by atoms with Crippen molar-refractivity contribution in [2.75, 3.05) is 23.7 Å². The average molecular weight is 659 g/mol. The minimum absolute atomic E-state index is 0.0993. The molecule has 13 heteroatoms. The van der Waals surface area contributed by atoms with E-state index in [0.717, 1.165) is 24.0 Å². The zero-order valence-corrected chi connectivity index (χ0v) is 26.1. The van der Waals surface area contributed by atoms with Gasteiger partial charge >= 0.3 is 6.18 Å². The maximum atomic E-state index is 14.0. The van der Waals surface area contributed by atoms with E-state index >= 15 is 0 Å². The van der Waals surface area contributed by atoms with E-state index in [1.807, 2.05) is 13.8 Å². The normalized spacial score (nSPS) is 12.6. The molecule has 0 aliphatic heterocycles. The molecule has 1 atom stereocenters. The van der Waals surface area contributed by atoms with Crippen molar-refractivity contribution in [3.8, 4) is 0 Å². The van der Waals surface area contributed by atoms with E-state index in [1.54, 1.807) is 54.6 Å². The quantitative estimate of drug-likeness (QED) is 0.252. The van der Waals surface area contributed by atoms with Crippen molar-refractivity contribution in [3.05, 3.63) is 99.5 Å². The number of halogens is 5. The molecule has 3 aromatic carbocycles. The van der Waals surface area contributed by atoms with E-state index in [4.69, 9.17) is 23.2 Å². The molecule has 43 heavy (non-hydrogen) atoms. The van der Waals surface area contributed by atoms with E-state index in [0.29, 0.717) is 27.5 Å². The molecular weight excluding hydrogens is 626 g/mol. The summed E-state index contributed by atoms with van der Waals surface area (Å²) in [5.41, 5.74) is -0.304. The number of hydrogen-bond donors (Lipinski definition) is 1. The summed E-state index contributed by atoms with van der Waals surface area (Å²) in [4.78, 5) is 28.9. The summed E-state index contributed by atoms with van der Waals surface area (Å²) in [5, 5.41) is 2.68. The van der Waals surface area contributed by atoms with Crippen LogP contribution < -0.4 is 9.62 Å². The molecule has 0 heterocycles. The first kappa shape index (κ1) is 34.2. The minimum Gasteiger partial charge on any atom is -0.354 e. The van der Waals surface area contributed by atoms with E-state index < -0.39 is 56.9 Å². The van der Waals surface area contributed by atoms with Crippen LogP contribution in [-0.2, 0) is 38.8 Å². The van der Waals surface area contributed by atoms with Gasteiger partial charge in [0, 0.05) is 24.5 Å². The van der Waals surface area contributed by atoms with Crippen LogP contribution in [0.1, 0.15) is 30.5 Å². The van der Waals surface area contributed by atoms with Crippen LogP contribution in [-0.4, -0.2) is 50.5 Å². The number of alkyl halides is 3. The lowest BCUT2D eigenvalue weighted by atomic mass is 10.0. The van der Waals surface area contributed by atoms with E-state index in [1.165, 1.54) is 4.90 Å². The number of nitrogens with one attached hydrogen (secondary N) is 1. The van der Waals surface area contributed by atoms with Crippen LogP contribution in [0.5, 0.6) is 0 Å². The van der Waals surface area contributed by atoms with Gasteiger partial charge < -0.3 is 10.2 Å². The number of carbonyl (C=O) groups excluding carboxylic acids is 2. The monoisotopic (exact) mass is 657 g/mol. The van der Waals surface area contributed by atoms with E-state index in [2.05, 4.69) is 5.32 Å². The van der Waals surface area contributed by atoms with Crippen molar-refractivity contribution >= 4 is 50.7 Å². The summed E-state index contributed by atoms with van der Waals surface area (Å²) in [7, 11) is -4.27. The molecule has 0 saturated carbocycles. The van der Waals surface area contributed by atoms with Crippen molar-refractivity contribution in [2.24, 2.45) is 5.92 Å². The first-order valence-corrected chi connectivity index (χ1v) is 15.9. The van der Waals surface area contributed by atoms with Crippen LogP contribution >= 0.6 is 23.2 Å². The van der Waals surface area contributed by atoms with Crippen molar-refractivity contribution in [2.45, 2.75) is 39.0 Å². The molecule has 2 amide bonds. The van der Waals surface area contributed by atoms with Crippen molar-refractivity contribution in [1.29, 1.82) is 0 Å². The lowest BCUT2D eigenvalue weighted by molar-refractivity contribution is -0.140. The summed E-state index contributed by atoms with van der Waals surface area (Å²) in [6.45, 7) is 3.18. The molecule has 3 aromatic rings. The van der Waals surface area contributed by atoms with E-state index in [-0.39, 0.29) is 18.9 Å². The second-order valence-corrected chi connectivity index (χ2v) is 13.2. The second-order valence-electron chi connectivity index (χ2n) is 10.4. The summed E-state index contributed by atoms with van der Waals surface area (Å²) >= 11 is 11.8. The van der Waals surface area contributed by atoms with Gasteiger partial charge in [-0.3, -0.25) is 13.9 Å². The predicted molar refractivity (Wildman–Crippen MR) is 162 cm³/mol.